The van der Waals surface area contributed by atoms with E-state index in [1.165, 1.54) is 11.8 Å². The summed E-state index contributed by atoms with van der Waals surface area (Å²) in [6.45, 7) is 4.03. The Morgan fingerprint density at radius 2 is 1.66 bits per heavy atom. The number of anilines is 1. The first-order chi connectivity index (χ1) is 15.5. The van der Waals surface area contributed by atoms with E-state index in [2.05, 4.69) is 21.6 Å². The van der Waals surface area contributed by atoms with Gasteiger partial charge in [-0.2, -0.15) is 0 Å². The lowest BCUT2D eigenvalue weighted by molar-refractivity contribution is -0.113. The van der Waals surface area contributed by atoms with Crippen LogP contribution in [0, 0.1) is 13.8 Å². The van der Waals surface area contributed by atoms with E-state index < -0.39 is 0 Å². The van der Waals surface area contributed by atoms with Crippen LogP contribution in [0.15, 0.2) is 78.0 Å². The molecule has 0 atom stereocenters. The first-order valence-electron chi connectivity index (χ1n) is 10.2. The predicted octanol–water partition coefficient (Wildman–Crippen LogP) is 5.29. The standard InChI is InChI=1S/C25H24N4O2S/c1-17-13-18(2)15-20(14-17)26-23(30)16-32-25-28-27-24(19-7-5-4-6-8-19)29(25)21-9-11-22(31-3)12-10-21/h4-15H,16H2,1-3H3,(H,26,30). The first kappa shape index (κ1) is 21.6. The van der Waals surface area contributed by atoms with Crippen LogP contribution in [0.3, 0.4) is 0 Å². The maximum absolute atomic E-state index is 12.6. The molecule has 0 aliphatic rings. The fourth-order valence-corrected chi connectivity index (χ4v) is 4.23. The van der Waals surface area contributed by atoms with E-state index in [4.69, 9.17) is 4.74 Å². The number of aromatic nitrogens is 3. The van der Waals surface area contributed by atoms with Crippen molar-refractivity contribution < 1.29 is 9.53 Å². The van der Waals surface area contributed by atoms with Crippen molar-refractivity contribution in [3.05, 3.63) is 83.9 Å². The van der Waals surface area contributed by atoms with Gasteiger partial charge < -0.3 is 10.1 Å². The Morgan fingerprint density at radius 3 is 2.31 bits per heavy atom. The zero-order valence-electron chi connectivity index (χ0n) is 18.2. The molecule has 0 radical (unpaired) electrons. The minimum atomic E-state index is -0.0921. The number of rotatable bonds is 7. The minimum Gasteiger partial charge on any atom is -0.497 e. The van der Waals surface area contributed by atoms with E-state index in [9.17, 15) is 4.79 Å². The van der Waals surface area contributed by atoms with Crippen LogP contribution in [0.2, 0.25) is 0 Å². The van der Waals surface area contributed by atoms with Gasteiger partial charge in [0, 0.05) is 16.9 Å². The number of methoxy groups -OCH3 is 1. The van der Waals surface area contributed by atoms with Gasteiger partial charge in [0.05, 0.1) is 12.9 Å². The number of carbonyl (C=O) groups is 1. The molecule has 0 saturated carbocycles. The zero-order chi connectivity index (χ0) is 22.5. The second-order valence-electron chi connectivity index (χ2n) is 7.42. The monoisotopic (exact) mass is 444 g/mol. The summed E-state index contributed by atoms with van der Waals surface area (Å²) in [4.78, 5) is 12.6. The fourth-order valence-electron chi connectivity index (χ4n) is 3.48. The van der Waals surface area contributed by atoms with Crippen LogP contribution < -0.4 is 10.1 Å². The number of ether oxygens (including phenoxy) is 1. The smallest absolute Gasteiger partial charge is 0.234 e. The van der Waals surface area contributed by atoms with E-state index in [0.29, 0.717) is 11.0 Å². The van der Waals surface area contributed by atoms with Gasteiger partial charge in [-0.3, -0.25) is 9.36 Å². The number of amides is 1. The fraction of sp³-hybridized carbons (Fsp3) is 0.160. The highest BCUT2D eigenvalue weighted by molar-refractivity contribution is 7.99. The molecule has 1 heterocycles. The van der Waals surface area contributed by atoms with E-state index in [-0.39, 0.29) is 11.7 Å². The molecule has 4 rings (SSSR count). The Balaban J connectivity index is 1.59. The Morgan fingerprint density at radius 1 is 0.969 bits per heavy atom. The van der Waals surface area contributed by atoms with Crippen molar-refractivity contribution in [1.29, 1.82) is 0 Å². The average Bonchev–Trinajstić information content (AvgIpc) is 3.21. The largest absolute Gasteiger partial charge is 0.497 e. The van der Waals surface area contributed by atoms with E-state index >= 15 is 0 Å². The van der Waals surface area contributed by atoms with Gasteiger partial charge in [-0.05, 0) is 61.4 Å². The molecule has 0 unspecified atom stereocenters. The third-order valence-electron chi connectivity index (χ3n) is 4.83. The second kappa shape index (κ2) is 9.70. The number of hydrogen-bond acceptors (Lipinski definition) is 5. The lowest BCUT2D eigenvalue weighted by Crippen LogP contribution is -2.14. The molecular weight excluding hydrogens is 420 g/mol. The van der Waals surface area contributed by atoms with Gasteiger partial charge in [-0.25, -0.2) is 0 Å². The van der Waals surface area contributed by atoms with Crippen LogP contribution >= 0.6 is 11.8 Å². The van der Waals surface area contributed by atoms with Crippen LogP contribution in [0.4, 0.5) is 5.69 Å². The summed E-state index contributed by atoms with van der Waals surface area (Å²) in [5.74, 6) is 1.61. The highest BCUT2D eigenvalue weighted by atomic mass is 32.2. The molecule has 0 aliphatic heterocycles. The molecule has 162 valence electrons. The first-order valence-corrected chi connectivity index (χ1v) is 11.2. The van der Waals surface area contributed by atoms with Crippen LogP contribution in [-0.2, 0) is 4.79 Å². The van der Waals surface area contributed by atoms with Crippen molar-refractivity contribution in [2.75, 3.05) is 18.2 Å². The number of benzene rings is 3. The molecule has 0 spiro atoms. The van der Waals surface area contributed by atoms with Crippen LogP contribution in [-0.4, -0.2) is 33.5 Å². The summed E-state index contributed by atoms with van der Waals surface area (Å²) in [6, 6.07) is 23.6. The quantitative estimate of drug-likeness (QED) is 0.392. The van der Waals surface area contributed by atoms with Gasteiger partial charge in [0.2, 0.25) is 5.91 Å². The molecule has 0 aliphatic carbocycles. The zero-order valence-corrected chi connectivity index (χ0v) is 19.0. The topological polar surface area (TPSA) is 69.0 Å². The van der Waals surface area contributed by atoms with Crippen molar-refractivity contribution in [1.82, 2.24) is 14.8 Å². The molecular formula is C25H24N4O2S. The molecule has 7 heteroatoms. The Hall–Kier alpha value is -3.58. The normalized spacial score (nSPS) is 10.7. The number of nitrogens with one attached hydrogen (secondary N) is 1. The van der Waals surface area contributed by atoms with Gasteiger partial charge in [0.15, 0.2) is 11.0 Å². The van der Waals surface area contributed by atoms with Crippen LogP contribution in [0.5, 0.6) is 5.75 Å². The number of aryl methyl sites for hydroxylation is 2. The maximum atomic E-state index is 12.6. The highest BCUT2D eigenvalue weighted by Gasteiger charge is 2.17. The third-order valence-corrected chi connectivity index (χ3v) is 5.76. The number of thioether (sulfide) groups is 1. The summed E-state index contributed by atoms with van der Waals surface area (Å²) in [5.41, 5.74) is 4.86. The second-order valence-corrected chi connectivity index (χ2v) is 8.36. The van der Waals surface area contributed by atoms with Crippen molar-refractivity contribution in [2.45, 2.75) is 19.0 Å². The lowest BCUT2D eigenvalue weighted by atomic mass is 10.1. The SMILES string of the molecule is COc1ccc(-n2c(SCC(=O)Nc3cc(C)cc(C)c3)nnc2-c2ccccc2)cc1. The summed E-state index contributed by atoms with van der Waals surface area (Å²) in [7, 11) is 1.64. The Bertz CT molecular complexity index is 1200. The van der Waals surface area contributed by atoms with Crippen molar-refractivity contribution in [2.24, 2.45) is 0 Å². The summed E-state index contributed by atoms with van der Waals surface area (Å²) in [6.07, 6.45) is 0. The van der Waals surface area contributed by atoms with Gasteiger partial charge in [0.1, 0.15) is 5.75 Å². The van der Waals surface area contributed by atoms with Gasteiger partial charge in [-0.1, -0.05) is 48.2 Å². The average molecular weight is 445 g/mol. The van der Waals surface area contributed by atoms with Crippen molar-refractivity contribution in [3.8, 4) is 22.8 Å². The number of hydrogen-bond donors (Lipinski definition) is 1. The molecule has 1 amide bonds. The molecule has 0 saturated heterocycles. The Labute approximate surface area is 191 Å². The molecule has 0 fully saturated rings. The lowest BCUT2D eigenvalue weighted by Gasteiger charge is -2.11. The molecule has 3 aromatic carbocycles. The molecule has 32 heavy (non-hydrogen) atoms. The molecule has 4 aromatic rings. The molecule has 1 N–H and O–H groups in total. The van der Waals surface area contributed by atoms with Gasteiger partial charge in [0.25, 0.3) is 0 Å². The van der Waals surface area contributed by atoms with Crippen LogP contribution in [0.1, 0.15) is 11.1 Å². The highest BCUT2D eigenvalue weighted by Crippen LogP contribution is 2.29. The summed E-state index contributed by atoms with van der Waals surface area (Å²) >= 11 is 1.35. The van der Waals surface area contributed by atoms with E-state index in [0.717, 1.165) is 33.8 Å². The van der Waals surface area contributed by atoms with Crippen molar-refractivity contribution >= 4 is 23.4 Å². The maximum Gasteiger partial charge on any atom is 0.234 e. The van der Waals surface area contributed by atoms with E-state index in [1.807, 2.05) is 85.1 Å². The molecule has 6 nitrogen and oxygen atoms in total. The summed E-state index contributed by atoms with van der Waals surface area (Å²) < 4.78 is 7.25. The minimum absolute atomic E-state index is 0.0921. The summed E-state index contributed by atoms with van der Waals surface area (Å²) in [5, 5.41) is 12.4. The van der Waals surface area contributed by atoms with Crippen LogP contribution in [0.25, 0.3) is 17.1 Å². The van der Waals surface area contributed by atoms with Gasteiger partial charge in [-0.15, -0.1) is 10.2 Å². The number of nitrogens with zero attached hydrogens (tertiary/aromatic N) is 3. The van der Waals surface area contributed by atoms with Gasteiger partial charge >= 0.3 is 0 Å². The third kappa shape index (κ3) is 5.00. The van der Waals surface area contributed by atoms with E-state index in [1.54, 1.807) is 7.11 Å². The molecule has 1 aromatic heterocycles. The number of carbonyl (C=O) groups excluding carboxylic acids is 1. The van der Waals surface area contributed by atoms with Crippen molar-refractivity contribution in [3.63, 3.8) is 0 Å². The predicted molar refractivity (Wildman–Crippen MR) is 129 cm³/mol. The molecule has 0 bridgehead atoms. The Kier molecular flexibility index (Phi) is 6.56.